The molecule has 0 spiro atoms. The van der Waals surface area contributed by atoms with Crippen LogP contribution >= 0.6 is 11.8 Å². The van der Waals surface area contributed by atoms with Crippen LogP contribution in [0.25, 0.3) is 6.08 Å². The van der Waals surface area contributed by atoms with Gasteiger partial charge in [-0.1, -0.05) is 30.3 Å². The minimum atomic E-state index is -0.316. The highest BCUT2D eigenvalue weighted by atomic mass is 32.2. The fourth-order valence-electron chi connectivity index (χ4n) is 1.12. The quantitative estimate of drug-likeness (QED) is 0.713. The Hall–Kier alpha value is -1.55. The summed E-state index contributed by atoms with van der Waals surface area (Å²) in [5.41, 5.74) is 0.917. The summed E-state index contributed by atoms with van der Waals surface area (Å²) in [7, 11) is 0. The van der Waals surface area contributed by atoms with Gasteiger partial charge in [0.1, 0.15) is 0 Å². The maximum absolute atomic E-state index is 11.2. The molecule has 3 nitrogen and oxygen atoms in total. The summed E-state index contributed by atoms with van der Waals surface area (Å²) in [6.07, 6.45) is 1.70. The molecule has 0 saturated carbocycles. The van der Waals surface area contributed by atoms with Crippen LogP contribution in [-0.4, -0.2) is 11.1 Å². The summed E-state index contributed by atoms with van der Waals surface area (Å²) in [6, 6.07) is 9.42. The zero-order valence-corrected chi connectivity index (χ0v) is 8.01. The Morgan fingerprint density at radius 2 is 1.86 bits per heavy atom. The van der Waals surface area contributed by atoms with Crippen LogP contribution in [0.4, 0.5) is 4.79 Å². The van der Waals surface area contributed by atoms with Crippen molar-refractivity contribution in [3.63, 3.8) is 0 Å². The van der Waals surface area contributed by atoms with E-state index in [1.807, 2.05) is 30.3 Å². The molecule has 0 atom stereocenters. The number of hydrogen-bond acceptors (Lipinski definition) is 3. The summed E-state index contributed by atoms with van der Waals surface area (Å²) in [5, 5.41) is 1.90. The van der Waals surface area contributed by atoms with Gasteiger partial charge in [0.2, 0.25) is 0 Å². The Kier molecular flexibility index (Phi) is 2.37. The van der Waals surface area contributed by atoms with Crippen LogP contribution < -0.4 is 5.32 Å². The first kappa shape index (κ1) is 9.02. The Morgan fingerprint density at radius 3 is 2.43 bits per heavy atom. The van der Waals surface area contributed by atoms with E-state index in [9.17, 15) is 9.59 Å². The van der Waals surface area contributed by atoms with Crippen molar-refractivity contribution in [3.8, 4) is 0 Å². The molecular formula is C10H7NO2S. The van der Waals surface area contributed by atoms with E-state index in [-0.39, 0.29) is 11.1 Å². The summed E-state index contributed by atoms with van der Waals surface area (Å²) in [5.74, 6) is -0.316. The predicted octanol–water partition coefficient (Wildman–Crippen LogP) is 2.01. The third-order valence-corrected chi connectivity index (χ3v) is 2.55. The average molecular weight is 205 g/mol. The summed E-state index contributed by atoms with van der Waals surface area (Å²) in [6.45, 7) is 0. The van der Waals surface area contributed by atoms with Crippen molar-refractivity contribution in [3.05, 3.63) is 40.8 Å². The fraction of sp³-hybridized carbons (Fsp3) is 0. The maximum Gasteiger partial charge on any atom is 0.290 e. The lowest BCUT2D eigenvalue weighted by Gasteiger charge is -1.92. The van der Waals surface area contributed by atoms with Gasteiger partial charge < -0.3 is 0 Å². The van der Waals surface area contributed by atoms with Gasteiger partial charge in [-0.05, 0) is 23.4 Å². The molecular weight excluding hydrogens is 198 g/mol. The molecule has 1 aromatic rings. The average Bonchev–Trinajstić information content (AvgIpc) is 2.47. The standard InChI is InChI=1S/C10H7NO2S/c12-9-8(14-10(13)11-9)6-7-4-2-1-3-5-7/h1-6H,(H,11,12,13)/b8-6+. The van der Waals surface area contributed by atoms with Gasteiger partial charge in [-0.15, -0.1) is 0 Å². The molecule has 0 unspecified atom stereocenters. The lowest BCUT2D eigenvalue weighted by atomic mass is 10.2. The molecule has 2 amide bonds. The Bertz CT molecular complexity index is 411. The SMILES string of the molecule is O=C1NC(=O)/C(=C\c2ccccc2)S1. The highest BCUT2D eigenvalue weighted by Crippen LogP contribution is 2.25. The Labute approximate surface area is 85.2 Å². The number of hydrogen-bond donors (Lipinski definition) is 1. The van der Waals surface area contributed by atoms with Gasteiger partial charge in [0.25, 0.3) is 11.1 Å². The number of carbonyl (C=O) groups excluding carboxylic acids is 2. The first-order valence-corrected chi connectivity index (χ1v) is 4.87. The first-order valence-electron chi connectivity index (χ1n) is 4.05. The lowest BCUT2D eigenvalue weighted by Crippen LogP contribution is -2.17. The van der Waals surface area contributed by atoms with Crippen molar-refractivity contribution in [2.45, 2.75) is 0 Å². The van der Waals surface area contributed by atoms with E-state index in [4.69, 9.17) is 0 Å². The number of thioether (sulfide) groups is 1. The second-order valence-electron chi connectivity index (χ2n) is 2.76. The van der Waals surface area contributed by atoms with Gasteiger partial charge in [0.15, 0.2) is 0 Å². The molecule has 1 aromatic carbocycles. The molecule has 2 rings (SSSR count). The summed E-state index contributed by atoms with van der Waals surface area (Å²) >= 11 is 0.930. The highest BCUT2D eigenvalue weighted by Gasteiger charge is 2.24. The first-order chi connectivity index (χ1) is 6.75. The van der Waals surface area contributed by atoms with Crippen molar-refractivity contribution < 1.29 is 9.59 Å². The van der Waals surface area contributed by atoms with Crippen LogP contribution in [0.3, 0.4) is 0 Å². The molecule has 0 aliphatic carbocycles. The Balaban J connectivity index is 2.28. The van der Waals surface area contributed by atoms with E-state index in [0.29, 0.717) is 4.91 Å². The number of rotatable bonds is 1. The van der Waals surface area contributed by atoms with Crippen LogP contribution in [0.5, 0.6) is 0 Å². The maximum atomic E-state index is 11.2. The largest absolute Gasteiger partial charge is 0.290 e. The van der Waals surface area contributed by atoms with Crippen molar-refractivity contribution in [1.82, 2.24) is 5.32 Å². The molecule has 0 radical (unpaired) electrons. The number of imide groups is 1. The lowest BCUT2D eigenvalue weighted by molar-refractivity contribution is -0.115. The van der Waals surface area contributed by atoms with Gasteiger partial charge in [-0.2, -0.15) is 0 Å². The topological polar surface area (TPSA) is 46.2 Å². The van der Waals surface area contributed by atoms with Crippen LogP contribution in [0.1, 0.15) is 5.56 Å². The van der Waals surface area contributed by atoms with E-state index < -0.39 is 0 Å². The van der Waals surface area contributed by atoms with E-state index in [2.05, 4.69) is 5.32 Å². The monoisotopic (exact) mass is 205 g/mol. The molecule has 4 heteroatoms. The second kappa shape index (κ2) is 3.67. The molecule has 1 N–H and O–H groups in total. The predicted molar refractivity (Wildman–Crippen MR) is 55.5 cm³/mol. The normalized spacial score (nSPS) is 18.7. The third-order valence-electron chi connectivity index (χ3n) is 1.74. The highest BCUT2D eigenvalue weighted by molar-refractivity contribution is 8.18. The van der Waals surface area contributed by atoms with Gasteiger partial charge in [-0.25, -0.2) is 0 Å². The van der Waals surface area contributed by atoms with E-state index >= 15 is 0 Å². The molecule has 1 fully saturated rings. The van der Waals surface area contributed by atoms with E-state index in [0.717, 1.165) is 17.3 Å². The molecule has 1 heterocycles. The minimum absolute atomic E-state index is 0.308. The van der Waals surface area contributed by atoms with Crippen LogP contribution in [0, 0.1) is 0 Å². The zero-order valence-electron chi connectivity index (χ0n) is 7.19. The van der Waals surface area contributed by atoms with Gasteiger partial charge in [-0.3, -0.25) is 14.9 Å². The number of benzene rings is 1. The fourth-order valence-corrected chi connectivity index (χ4v) is 1.80. The van der Waals surface area contributed by atoms with Crippen molar-refractivity contribution in [2.24, 2.45) is 0 Å². The molecule has 1 saturated heterocycles. The molecule has 1 aliphatic rings. The van der Waals surface area contributed by atoms with Gasteiger partial charge in [0.05, 0.1) is 4.91 Å². The molecule has 0 bridgehead atoms. The van der Waals surface area contributed by atoms with Crippen LogP contribution in [0.2, 0.25) is 0 Å². The molecule has 0 aromatic heterocycles. The van der Waals surface area contributed by atoms with Crippen molar-refractivity contribution >= 4 is 29.0 Å². The van der Waals surface area contributed by atoms with Gasteiger partial charge in [0, 0.05) is 0 Å². The Morgan fingerprint density at radius 1 is 1.14 bits per heavy atom. The molecule has 14 heavy (non-hydrogen) atoms. The van der Waals surface area contributed by atoms with Crippen molar-refractivity contribution in [1.29, 1.82) is 0 Å². The summed E-state index contributed by atoms with van der Waals surface area (Å²) in [4.78, 5) is 22.5. The smallest absolute Gasteiger partial charge is 0.282 e. The van der Waals surface area contributed by atoms with E-state index in [1.165, 1.54) is 0 Å². The number of amides is 2. The second-order valence-corrected chi connectivity index (χ2v) is 3.78. The van der Waals surface area contributed by atoms with Crippen LogP contribution in [-0.2, 0) is 4.79 Å². The minimum Gasteiger partial charge on any atom is -0.282 e. The molecule has 1 aliphatic heterocycles. The zero-order chi connectivity index (χ0) is 9.97. The van der Waals surface area contributed by atoms with Crippen molar-refractivity contribution in [2.75, 3.05) is 0 Å². The van der Waals surface area contributed by atoms with Gasteiger partial charge >= 0.3 is 0 Å². The number of carbonyl (C=O) groups is 2. The third kappa shape index (κ3) is 1.85. The van der Waals surface area contributed by atoms with Crippen LogP contribution in [0.15, 0.2) is 35.2 Å². The molecule has 70 valence electrons. The van der Waals surface area contributed by atoms with E-state index in [1.54, 1.807) is 6.08 Å². The number of nitrogens with one attached hydrogen (secondary N) is 1. The summed E-state index contributed by atoms with van der Waals surface area (Å²) < 4.78 is 0.